The lowest BCUT2D eigenvalue weighted by Crippen LogP contribution is -2.51. The zero-order chi connectivity index (χ0) is 16.8. The maximum absolute atomic E-state index is 13.3. The number of hydrogen-bond acceptors (Lipinski definition) is 2. The van der Waals surface area contributed by atoms with E-state index in [2.05, 4.69) is 33.4 Å². The normalized spacial score (nSPS) is 22.4. The van der Waals surface area contributed by atoms with Crippen LogP contribution in [0.4, 0.5) is 0 Å². The van der Waals surface area contributed by atoms with Gasteiger partial charge in [-0.3, -0.25) is 4.79 Å². The lowest BCUT2D eigenvalue weighted by atomic mass is 9.73. The van der Waals surface area contributed by atoms with Crippen molar-refractivity contribution < 1.29 is 9.53 Å². The van der Waals surface area contributed by atoms with Gasteiger partial charge in [0.05, 0.1) is 5.41 Å². The van der Waals surface area contributed by atoms with E-state index >= 15 is 0 Å². The van der Waals surface area contributed by atoms with Crippen molar-refractivity contribution in [1.29, 1.82) is 0 Å². The van der Waals surface area contributed by atoms with E-state index in [-0.39, 0.29) is 5.91 Å². The molecule has 1 aliphatic heterocycles. The monoisotopic (exact) mass is 393 g/mol. The van der Waals surface area contributed by atoms with Gasteiger partial charge in [0.15, 0.2) is 0 Å². The molecule has 1 N–H and O–H groups in total. The second kappa shape index (κ2) is 8.48. The van der Waals surface area contributed by atoms with E-state index < -0.39 is 5.41 Å². The summed E-state index contributed by atoms with van der Waals surface area (Å²) in [5.74, 6) is 0.207. The fourth-order valence-electron chi connectivity index (χ4n) is 4.06. The summed E-state index contributed by atoms with van der Waals surface area (Å²) < 4.78 is 6.61. The van der Waals surface area contributed by atoms with Gasteiger partial charge in [0.2, 0.25) is 5.91 Å². The molecule has 0 bridgehead atoms. The Kier molecular flexibility index (Phi) is 6.34. The van der Waals surface area contributed by atoms with Crippen LogP contribution in [0, 0.1) is 0 Å². The van der Waals surface area contributed by atoms with Crippen molar-refractivity contribution in [2.75, 3.05) is 13.2 Å². The van der Waals surface area contributed by atoms with Gasteiger partial charge in [-0.25, -0.2) is 0 Å². The lowest BCUT2D eigenvalue weighted by Gasteiger charge is -2.37. The molecule has 1 saturated carbocycles. The largest absolute Gasteiger partial charge is 0.381 e. The van der Waals surface area contributed by atoms with E-state index in [0.29, 0.717) is 19.3 Å². The first-order valence-electron chi connectivity index (χ1n) is 9.35. The summed E-state index contributed by atoms with van der Waals surface area (Å²) in [5.41, 5.74) is 0.693. The zero-order valence-corrected chi connectivity index (χ0v) is 15.9. The number of nitrogens with one attached hydrogen (secondary N) is 1. The standard InChI is InChI=1S/C20H28BrNO2/c21-17-10-8-16(9-11-17)20(12-14-24-15-13-20)19(23)22-18-6-4-2-1-3-5-7-18/h8-11,18H,1-7,12-15H2,(H,22,23). The van der Waals surface area contributed by atoms with E-state index in [0.717, 1.165) is 35.7 Å². The molecule has 0 radical (unpaired) electrons. The Morgan fingerprint density at radius 1 is 1.00 bits per heavy atom. The lowest BCUT2D eigenvalue weighted by molar-refractivity contribution is -0.131. The summed E-state index contributed by atoms with van der Waals surface area (Å²) in [4.78, 5) is 13.3. The van der Waals surface area contributed by atoms with E-state index in [1.807, 2.05) is 12.1 Å². The molecule has 0 spiro atoms. The number of amides is 1. The van der Waals surface area contributed by atoms with Crippen LogP contribution < -0.4 is 5.32 Å². The molecule has 1 saturated heterocycles. The van der Waals surface area contributed by atoms with Crippen molar-refractivity contribution >= 4 is 21.8 Å². The average Bonchev–Trinajstić information content (AvgIpc) is 2.58. The molecule has 0 unspecified atom stereocenters. The zero-order valence-electron chi connectivity index (χ0n) is 14.4. The highest BCUT2D eigenvalue weighted by molar-refractivity contribution is 9.10. The number of ether oxygens (including phenoxy) is 1. The Hall–Kier alpha value is -0.870. The number of rotatable bonds is 3. The van der Waals surface area contributed by atoms with Crippen molar-refractivity contribution in [3.05, 3.63) is 34.3 Å². The van der Waals surface area contributed by atoms with Gasteiger partial charge in [-0.05, 0) is 43.4 Å². The van der Waals surface area contributed by atoms with Gasteiger partial charge in [0.25, 0.3) is 0 Å². The van der Waals surface area contributed by atoms with Crippen LogP contribution in [0.1, 0.15) is 63.4 Å². The van der Waals surface area contributed by atoms with Gasteiger partial charge in [-0.15, -0.1) is 0 Å². The predicted octanol–water partition coefficient (Wildman–Crippen LogP) is 4.73. The summed E-state index contributed by atoms with van der Waals surface area (Å²) in [6.45, 7) is 1.32. The van der Waals surface area contributed by atoms with Gasteiger partial charge < -0.3 is 10.1 Å². The van der Waals surface area contributed by atoms with E-state index in [1.165, 1.54) is 32.1 Å². The van der Waals surface area contributed by atoms with Crippen LogP contribution in [0.2, 0.25) is 0 Å². The summed E-state index contributed by atoms with van der Waals surface area (Å²) in [7, 11) is 0. The topological polar surface area (TPSA) is 38.3 Å². The first-order valence-corrected chi connectivity index (χ1v) is 10.1. The molecule has 4 heteroatoms. The number of carbonyl (C=O) groups excluding carboxylic acids is 1. The fourth-order valence-corrected chi connectivity index (χ4v) is 4.32. The molecule has 1 amide bonds. The summed E-state index contributed by atoms with van der Waals surface area (Å²) in [6.07, 6.45) is 10.2. The second-order valence-corrected chi connectivity index (χ2v) is 8.13. The Morgan fingerprint density at radius 2 is 1.58 bits per heavy atom. The molecular formula is C20H28BrNO2. The van der Waals surface area contributed by atoms with Crippen LogP contribution in [-0.4, -0.2) is 25.2 Å². The molecule has 1 aromatic carbocycles. The molecular weight excluding hydrogens is 366 g/mol. The minimum absolute atomic E-state index is 0.207. The number of carbonyl (C=O) groups is 1. The summed E-state index contributed by atoms with van der Waals surface area (Å²) in [6, 6.07) is 8.60. The highest BCUT2D eigenvalue weighted by Crippen LogP contribution is 2.36. The number of halogens is 1. The Bertz CT molecular complexity index is 529. The third kappa shape index (κ3) is 4.20. The van der Waals surface area contributed by atoms with Crippen LogP contribution in [-0.2, 0) is 14.9 Å². The van der Waals surface area contributed by atoms with Crippen LogP contribution >= 0.6 is 15.9 Å². The summed E-state index contributed by atoms with van der Waals surface area (Å²) in [5, 5.41) is 3.40. The van der Waals surface area contributed by atoms with Gasteiger partial charge >= 0.3 is 0 Å². The smallest absolute Gasteiger partial charge is 0.231 e. The average molecular weight is 394 g/mol. The van der Waals surface area contributed by atoms with E-state index in [1.54, 1.807) is 0 Å². The van der Waals surface area contributed by atoms with Crippen LogP contribution in [0.3, 0.4) is 0 Å². The SMILES string of the molecule is O=C(NC1CCCCCCC1)C1(c2ccc(Br)cc2)CCOCC1. The molecule has 0 atom stereocenters. The molecule has 132 valence electrons. The van der Waals surface area contributed by atoms with Gasteiger partial charge in [-0.2, -0.15) is 0 Å². The molecule has 0 aromatic heterocycles. The molecule has 1 aliphatic carbocycles. The third-order valence-electron chi connectivity index (χ3n) is 5.62. The van der Waals surface area contributed by atoms with Gasteiger partial charge in [0, 0.05) is 23.7 Å². The highest BCUT2D eigenvalue weighted by Gasteiger charge is 2.42. The minimum Gasteiger partial charge on any atom is -0.381 e. The van der Waals surface area contributed by atoms with Gasteiger partial charge in [-0.1, -0.05) is 60.2 Å². The molecule has 2 fully saturated rings. The van der Waals surface area contributed by atoms with E-state index in [4.69, 9.17) is 4.74 Å². The Labute approximate surface area is 153 Å². The summed E-state index contributed by atoms with van der Waals surface area (Å²) >= 11 is 3.49. The molecule has 2 aliphatic rings. The Morgan fingerprint density at radius 3 is 2.21 bits per heavy atom. The highest BCUT2D eigenvalue weighted by atomic mass is 79.9. The molecule has 24 heavy (non-hydrogen) atoms. The molecule has 1 aromatic rings. The fraction of sp³-hybridized carbons (Fsp3) is 0.650. The van der Waals surface area contributed by atoms with Crippen molar-refractivity contribution in [3.63, 3.8) is 0 Å². The second-order valence-electron chi connectivity index (χ2n) is 7.22. The van der Waals surface area contributed by atoms with E-state index in [9.17, 15) is 4.79 Å². The third-order valence-corrected chi connectivity index (χ3v) is 6.15. The van der Waals surface area contributed by atoms with Crippen LogP contribution in [0.5, 0.6) is 0 Å². The minimum atomic E-state index is -0.429. The maximum atomic E-state index is 13.3. The van der Waals surface area contributed by atoms with Crippen molar-refractivity contribution in [2.24, 2.45) is 0 Å². The number of hydrogen-bond donors (Lipinski definition) is 1. The Balaban J connectivity index is 1.77. The molecule has 1 heterocycles. The maximum Gasteiger partial charge on any atom is 0.231 e. The first-order chi connectivity index (χ1) is 11.7. The predicted molar refractivity (Wildman–Crippen MR) is 100 cm³/mol. The quantitative estimate of drug-likeness (QED) is 0.805. The van der Waals surface area contributed by atoms with Crippen molar-refractivity contribution in [3.8, 4) is 0 Å². The molecule has 3 rings (SSSR count). The van der Waals surface area contributed by atoms with Crippen LogP contribution in [0.25, 0.3) is 0 Å². The van der Waals surface area contributed by atoms with Gasteiger partial charge in [0.1, 0.15) is 0 Å². The number of benzene rings is 1. The molecule has 3 nitrogen and oxygen atoms in total. The van der Waals surface area contributed by atoms with Crippen LogP contribution in [0.15, 0.2) is 28.7 Å². The first kappa shape index (κ1) is 17.9. The van der Waals surface area contributed by atoms with Crippen molar-refractivity contribution in [1.82, 2.24) is 5.32 Å². The van der Waals surface area contributed by atoms with Crippen molar-refractivity contribution in [2.45, 2.75) is 69.2 Å².